The smallest absolute Gasteiger partial charge is 0.388 e. The third-order valence-electron chi connectivity index (χ3n) is 5.30. The van der Waals surface area contributed by atoms with Gasteiger partial charge >= 0.3 is 17.7 Å². The largest absolute Gasteiger partial charge is 0.462 e. The molecule has 0 radical (unpaired) electrons. The van der Waals surface area contributed by atoms with Gasteiger partial charge in [-0.25, -0.2) is 15.2 Å². The maximum atomic E-state index is 12.8. The molecule has 0 amide bonds. The van der Waals surface area contributed by atoms with E-state index >= 15 is 0 Å². The van der Waals surface area contributed by atoms with Gasteiger partial charge in [-0.15, -0.1) is 4.68 Å². The number of allylic oxidation sites excluding steroid dienone is 1. The number of carbonyl (C=O) groups is 1. The third-order valence-corrected chi connectivity index (χ3v) is 5.30. The Bertz CT molecular complexity index is 1250. The van der Waals surface area contributed by atoms with Gasteiger partial charge in [0.2, 0.25) is 0 Å². The molecule has 2 aromatic carbocycles. The molecule has 0 saturated carbocycles. The second kappa shape index (κ2) is 7.18. The standard InChI is InChI=1S/C23H21N5O2/c1-3-30-21(29)19-15(2)24-23-27-14-18(16-10-6-4-7-11-16)25-22(27)26-28(23)20(19)17-12-8-5-9-13-17/h4-14,20H,3H2,1-2H3,(H,25,26)/p+1. The van der Waals surface area contributed by atoms with Crippen LogP contribution in [0, 0.1) is 0 Å². The van der Waals surface area contributed by atoms with E-state index in [0.717, 1.165) is 28.5 Å². The van der Waals surface area contributed by atoms with Crippen molar-refractivity contribution in [2.75, 3.05) is 11.9 Å². The Labute approximate surface area is 173 Å². The van der Waals surface area contributed by atoms with E-state index in [1.807, 2.05) is 89.8 Å². The zero-order chi connectivity index (χ0) is 20.7. The van der Waals surface area contributed by atoms with Crippen LogP contribution in [0.5, 0.6) is 0 Å². The molecule has 0 aliphatic carbocycles. The first-order valence-corrected chi connectivity index (χ1v) is 9.95. The number of nitrogens with one attached hydrogen (secondary N) is 2. The topological polar surface area (TPSA) is 75.3 Å². The monoisotopic (exact) mass is 400 g/mol. The average molecular weight is 400 g/mol. The zero-order valence-corrected chi connectivity index (χ0v) is 16.8. The van der Waals surface area contributed by atoms with E-state index in [9.17, 15) is 4.79 Å². The lowest BCUT2D eigenvalue weighted by Crippen LogP contribution is -2.50. The normalized spacial score (nSPS) is 15.7. The number of carbonyl (C=O) groups excluding carboxylic acids is 1. The fourth-order valence-corrected chi connectivity index (χ4v) is 3.95. The number of anilines is 1. The Hall–Kier alpha value is -3.87. The van der Waals surface area contributed by atoms with E-state index in [4.69, 9.17) is 9.72 Å². The number of benzene rings is 2. The number of aromatic nitrogens is 4. The summed E-state index contributed by atoms with van der Waals surface area (Å²) in [6, 6.07) is 19.6. The molecular formula is C23H22N5O2+. The number of H-pyrrole nitrogens is 1. The Morgan fingerprint density at radius 3 is 2.53 bits per heavy atom. The number of imidazole rings is 1. The van der Waals surface area contributed by atoms with Gasteiger partial charge in [0.1, 0.15) is 17.5 Å². The Balaban J connectivity index is 1.67. The van der Waals surface area contributed by atoms with Crippen LogP contribution in [0.2, 0.25) is 0 Å². The Morgan fingerprint density at radius 1 is 1.13 bits per heavy atom. The van der Waals surface area contributed by atoms with Crippen molar-refractivity contribution in [2.24, 2.45) is 0 Å². The molecular weight excluding hydrogens is 378 g/mol. The summed E-state index contributed by atoms with van der Waals surface area (Å²) in [4.78, 5) is 17.6. The Morgan fingerprint density at radius 2 is 1.83 bits per heavy atom. The van der Waals surface area contributed by atoms with Gasteiger partial charge in [0.05, 0.1) is 12.3 Å². The quantitative estimate of drug-likeness (QED) is 0.406. The van der Waals surface area contributed by atoms with E-state index in [1.54, 1.807) is 0 Å². The summed E-state index contributed by atoms with van der Waals surface area (Å²) >= 11 is 0. The molecule has 0 bridgehead atoms. The lowest BCUT2D eigenvalue weighted by Gasteiger charge is -2.23. The number of nitrogens with zero attached hydrogens (tertiary/aromatic N) is 3. The Kier molecular flexibility index (Phi) is 4.35. The number of ether oxygens (including phenoxy) is 1. The summed E-state index contributed by atoms with van der Waals surface area (Å²) in [6.07, 6.45) is 1.99. The first kappa shape index (κ1) is 18.2. The van der Waals surface area contributed by atoms with Crippen LogP contribution in [0.25, 0.3) is 17.0 Å². The molecule has 0 saturated heterocycles. The molecule has 5 rings (SSSR count). The predicted molar refractivity (Wildman–Crippen MR) is 113 cm³/mol. The first-order chi connectivity index (χ1) is 14.7. The minimum atomic E-state index is -0.344. The van der Waals surface area contributed by atoms with Crippen LogP contribution in [0.3, 0.4) is 0 Å². The fourth-order valence-electron chi connectivity index (χ4n) is 3.95. The number of aromatic amines is 1. The highest BCUT2D eigenvalue weighted by atomic mass is 16.5. The van der Waals surface area contributed by atoms with Crippen molar-refractivity contribution in [1.82, 2.24) is 14.5 Å². The lowest BCUT2D eigenvalue weighted by molar-refractivity contribution is -0.745. The third kappa shape index (κ3) is 2.86. The van der Waals surface area contributed by atoms with E-state index in [2.05, 4.69) is 10.4 Å². The average Bonchev–Trinajstić information content (AvgIpc) is 3.33. The van der Waals surface area contributed by atoms with Crippen LogP contribution in [-0.4, -0.2) is 27.1 Å². The zero-order valence-electron chi connectivity index (χ0n) is 16.8. The van der Waals surface area contributed by atoms with Crippen LogP contribution < -0.4 is 10.00 Å². The fraction of sp³-hybridized carbons (Fsp3) is 0.174. The molecule has 7 heteroatoms. The summed E-state index contributed by atoms with van der Waals surface area (Å²) in [7, 11) is 0. The van der Waals surface area contributed by atoms with E-state index in [-0.39, 0.29) is 12.0 Å². The van der Waals surface area contributed by atoms with Gasteiger partial charge in [-0.3, -0.25) is 0 Å². The van der Waals surface area contributed by atoms with Gasteiger partial charge in [-0.1, -0.05) is 60.7 Å². The van der Waals surface area contributed by atoms with Gasteiger partial charge in [0, 0.05) is 5.56 Å². The highest BCUT2D eigenvalue weighted by Crippen LogP contribution is 2.31. The number of hydrogen-bond donors (Lipinski definition) is 2. The number of fused-ring (bicyclic) bond motifs is 3. The molecule has 7 nitrogen and oxygen atoms in total. The first-order valence-electron chi connectivity index (χ1n) is 9.95. The molecule has 150 valence electrons. The molecule has 4 aromatic rings. The van der Waals surface area contributed by atoms with Gasteiger partial charge in [-0.2, -0.15) is 9.38 Å². The van der Waals surface area contributed by atoms with Crippen LogP contribution in [-0.2, 0) is 9.53 Å². The van der Waals surface area contributed by atoms with E-state index in [0.29, 0.717) is 18.0 Å². The molecule has 3 heterocycles. The minimum absolute atomic E-state index is 0.323. The molecule has 0 fully saturated rings. The predicted octanol–water partition coefficient (Wildman–Crippen LogP) is 3.47. The number of hydrogen-bond acceptors (Lipinski definition) is 4. The second-order valence-corrected chi connectivity index (χ2v) is 7.19. The van der Waals surface area contributed by atoms with Gasteiger partial charge in [0.25, 0.3) is 0 Å². The van der Waals surface area contributed by atoms with Crippen molar-refractivity contribution in [2.45, 2.75) is 19.9 Å². The van der Waals surface area contributed by atoms with E-state index < -0.39 is 0 Å². The van der Waals surface area contributed by atoms with Crippen LogP contribution in [0.15, 0.2) is 78.1 Å². The van der Waals surface area contributed by atoms with Crippen molar-refractivity contribution < 1.29 is 14.2 Å². The summed E-state index contributed by atoms with van der Waals surface area (Å²) in [5.41, 5.74) is 4.25. The van der Waals surface area contributed by atoms with E-state index in [1.165, 1.54) is 0 Å². The van der Waals surface area contributed by atoms with Crippen molar-refractivity contribution in [3.63, 3.8) is 0 Å². The van der Waals surface area contributed by atoms with Gasteiger partial charge < -0.3 is 4.74 Å². The molecule has 2 aromatic heterocycles. The van der Waals surface area contributed by atoms with Crippen molar-refractivity contribution in [3.8, 4) is 11.3 Å². The SMILES string of the molecule is CCOC(=O)C1=C(C)Nc2n3cc(-c4ccccc4)nc3[nH][n+]2C1c1ccccc1. The van der Waals surface area contributed by atoms with Crippen molar-refractivity contribution >= 4 is 17.7 Å². The molecule has 1 aliphatic rings. The van der Waals surface area contributed by atoms with Crippen LogP contribution >= 0.6 is 0 Å². The summed E-state index contributed by atoms with van der Waals surface area (Å²) in [6.45, 7) is 4.04. The molecule has 1 atom stereocenters. The van der Waals surface area contributed by atoms with Gasteiger partial charge in [-0.05, 0) is 19.4 Å². The molecule has 1 unspecified atom stereocenters. The highest BCUT2D eigenvalue weighted by molar-refractivity contribution is 5.91. The second-order valence-electron chi connectivity index (χ2n) is 7.19. The number of rotatable bonds is 4. The molecule has 30 heavy (non-hydrogen) atoms. The van der Waals surface area contributed by atoms with Crippen LogP contribution in [0.1, 0.15) is 25.5 Å². The lowest BCUT2D eigenvalue weighted by atomic mass is 9.96. The molecule has 2 N–H and O–H groups in total. The molecule has 0 spiro atoms. The maximum absolute atomic E-state index is 12.8. The van der Waals surface area contributed by atoms with Crippen LogP contribution in [0.4, 0.5) is 5.95 Å². The number of esters is 1. The summed E-state index contributed by atoms with van der Waals surface area (Å²) in [5, 5.41) is 6.74. The van der Waals surface area contributed by atoms with Gasteiger partial charge in [0.15, 0.2) is 6.04 Å². The van der Waals surface area contributed by atoms with Crippen molar-refractivity contribution in [1.29, 1.82) is 0 Å². The molecule has 1 aliphatic heterocycles. The van der Waals surface area contributed by atoms with Crippen molar-refractivity contribution in [3.05, 3.63) is 83.7 Å². The maximum Gasteiger partial charge on any atom is 0.388 e. The minimum Gasteiger partial charge on any atom is -0.462 e. The highest BCUT2D eigenvalue weighted by Gasteiger charge is 2.40. The summed E-state index contributed by atoms with van der Waals surface area (Å²) in [5.74, 6) is 1.17. The summed E-state index contributed by atoms with van der Waals surface area (Å²) < 4.78 is 9.28.